The van der Waals surface area contributed by atoms with E-state index in [1.165, 1.54) is 13.2 Å². The van der Waals surface area contributed by atoms with Crippen molar-refractivity contribution in [1.82, 2.24) is 0 Å². The molecule has 0 N–H and O–H groups in total. The van der Waals surface area contributed by atoms with E-state index >= 15 is 0 Å². The number of carbonyl (C=O) groups excluding carboxylic acids is 2. The zero-order chi connectivity index (χ0) is 15.4. The lowest BCUT2D eigenvalue weighted by molar-refractivity contribution is -0.134. The largest absolute Gasteiger partial charge is 0.466 e. The Labute approximate surface area is 119 Å². The number of methoxy groups -OCH3 is 1. The van der Waals surface area contributed by atoms with Crippen molar-refractivity contribution in [3.8, 4) is 0 Å². The molecule has 0 aliphatic heterocycles. The summed E-state index contributed by atoms with van der Waals surface area (Å²) in [5.74, 6) is -0.463. The number of ether oxygens (including phenoxy) is 1. The molecule has 2 atom stereocenters. The summed E-state index contributed by atoms with van der Waals surface area (Å²) in [7, 11) is -2.31. The highest BCUT2D eigenvalue weighted by atomic mass is 32.2. The van der Waals surface area contributed by atoms with Crippen LogP contribution in [-0.4, -0.2) is 39.6 Å². The first-order chi connectivity index (χ1) is 9.19. The van der Waals surface area contributed by atoms with E-state index in [0.717, 1.165) is 6.26 Å². The second-order valence-corrected chi connectivity index (χ2v) is 6.73. The number of esters is 1. The maximum Gasteiger partial charge on any atom is 0.330 e. The van der Waals surface area contributed by atoms with Gasteiger partial charge in [0, 0.05) is 12.5 Å². The molecule has 20 heavy (non-hydrogen) atoms. The van der Waals surface area contributed by atoms with Crippen LogP contribution in [0.4, 0.5) is 0 Å². The van der Waals surface area contributed by atoms with Gasteiger partial charge in [0.25, 0.3) is 10.1 Å². The number of rotatable bonds is 6. The Kier molecular flexibility index (Phi) is 5.47. The van der Waals surface area contributed by atoms with Gasteiger partial charge in [0.1, 0.15) is 5.78 Å². The Morgan fingerprint density at radius 2 is 2.15 bits per heavy atom. The molecule has 0 heterocycles. The Morgan fingerprint density at radius 1 is 1.50 bits per heavy atom. The average molecular weight is 304 g/mol. The second-order valence-electron chi connectivity index (χ2n) is 5.13. The van der Waals surface area contributed by atoms with Gasteiger partial charge in [-0.2, -0.15) is 8.42 Å². The average Bonchev–Trinajstić information content (AvgIpc) is 2.61. The number of hydrogen-bond donors (Lipinski definition) is 0. The lowest BCUT2D eigenvalue weighted by atomic mass is 9.81. The van der Waals surface area contributed by atoms with Crippen molar-refractivity contribution in [2.45, 2.75) is 38.7 Å². The Bertz CT molecular complexity index is 507. The minimum absolute atomic E-state index is 0.00221. The SMILES string of the molecule is COC(=O)/C=C/CC[C@@]1(C)C(=O)CC[C@H]1OS(C)(=O)=O. The number of ketones is 1. The van der Waals surface area contributed by atoms with Crippen LogP contribution in [0.25, 0.3) is 0 Å². The standard InChI is InChI=1S/C13H20O6S/c1-13(9-5-4-6-12(15)18-2)10(14)7-8-11(13)19-20(3,16)17/h4,6,11H,5,7-9H2,1-3H3/b6-4+/t11-,13+/m1/s1. The maximum atomic E-state index is 12.0. The Hall–Kier alpha value is -1.21. The van der Waals surface area contributed by atoms with Crippen molar-refractivity contribution in [2.24, 2.45) is 5.41 Å². The van der Waals surface area contributed by atoms with Crippen molar-refractivity contribution in [3.05, 3.63) is 12.2 Å². The summed E-state index contributed by atoms with van der Waals surface area (Å²) < 4.78 is 31.9. The second kappa shape index (κ2) is 6.49. The molecule has 0 bridgehead atoms. The molecule has 0 aromatic heterocycles. The molecule has 0 amide bonds. The van der Waals surface area contributed by atoms with Crippen molar-refractivity contribution in [2.75, 3.05) is 13.4 Å². The summed E-state index contributed by atoms with van der Waals surface area (Å²) in [4.78, 5) is 22.9. The van der Waals surface area contributed by atoms with Crippen LogP contribution in [-0.2, 0) is 28.6 Å². The topological polar surface area (TPSA) is 86.7 Å². The van der Waals surface area contributed by atoms with E-state index in [1.807, 2.05) is 0 Å². The summed E-state index contributed by atoms with van der Waals surface area (Å²) in [5, 5.41) is 0. The molecule has 0 aromatic rings. The molecule has 0 unspecified atom stereocenters. The van der Waals surface area contributed by atoms with Crippen LogP contribution >= 0.6 is 0 Å². The molecule has 7 heteroatoms. The first kappa shape index (κ1) is 16.8. The molecule has 1 rings (SSSR count). The molecule has 1 aliphatic carbocycles. The zero-order valence-electron chi connectivity index (χ0n) is 11.9. The number of allylic oxidation sites excluding steroid dienone is 1. The summed E-state index contributed by atoms with van der Waals surface area (Å²) >= 11 is 0. The zero-order valence-corrected chi connectivity index (χ0v) is 12.7. The van der Waals surface area contributed by atoms with Gasteiger partial charge in [-0.3, -0.25) is 8.98 Å². The van der Waals surface area contributed by atoms with Crippen molar-refractivity contribution < 1.29 is 26.9 Å². The van der Waals surface area contributed by atoms with E-state index in [0.29, 0.717) is 25.7 Å². The van der Waals surface area contributed by atoms with Crippen LogP contribution in [0.1, 0.15) is 32.6 Å². The van der Waals surface area contributed by atoms with Crippen molar-refractivity contribution in [3.63, 3.8) is 0 Å². The summed E-state index contributed by atoms with van der Waals surface area (Å²) in [6.45, 7) is 1.71. The third kappa shape index (κ3) is 4.42. The van der Waals surface area contributed by atoms with Gasteiger partial charge in [-0.1, -0.05) is 13.0 Å². The third-order valence-electron chi connectivity index (χ3n) is 3.56. The predicted molar refractivity (Wildman–Crippen MR) is 72.5 cm³/mol. The summed E-state index contributed by atoms with van der Waals surface area (Å²) in [5.41, 5.74) is -0.830. The lowest BCUT2D eigenvalue weighted by Crippen LogP contribution is -2.36. The normalized spacial score (nSPS) is 27.1. The molecule has 114 valence electrons. The number of carbonyl (C=O) groups is 2. The van der Waals surface area contributed by atoms with Gasteiger partial charge in [0.15, 0.2) is 0 Å². The van der Waals surface area contributed by atoms with Gasteiger partial charge < -0.3 is 4.74 Å². The smallest absolute Gasteiger partial charge is 0.330 e. The molecule has 1 fully saturated rings. The van der Waals surface area contributed by atoms with Crippen LogP contribution in [0.15, 0.2) is 12.2 Å². The van der Waals surface area contributed by atoms with Gasteiger partial charge in [-0.05, 0) is 19.3 Å². The van der Waals surface area contributed by atoms with Gasteiger partial charge in [0.2, 0.25) is 0 Å². The molecule has 0 saturated heterocycles. The quantitative estimate of drug-likeness (QED) is 0.416. The number of hydrogen-bond acceptors (Lipinski definition) is 6. The Morgan fingerprint density at radius 3 is 2.70 bits per heavy atom. The minimum Gasteiger partial charge on any atom is -0.466 e. The molecule has 6 nitrogen and oxygen atoms in total. The monoisotopic (exact) mass is 304 g/mol. The molecule has 0 aromatic carbocycles. The summed E-state index contributed by atoms with van der Waals surface area (Å²) in [6.07, 6.45) is 4.88. The van der Waals surface area contributed by atoms with Gasteiger partial charge in [-0.15, -0.1) is 0 Å². The molecule has 1 saturated carbocycles. The van der Waals surface area contributed by atoms with E-state index in [4.69, 9.17) is 4.18 Å². The first-order valence-corrected chi connectivity index (χ1v) is 8.17. The van der Waals surface area contributed by atoms with Crippen LogP contribution in [0, 0.1) is 5.41 Å². The first-order valence-electron chi connectivity index (χ1n) is 6.35. The molecular weight excluding hydrogens is 284 g/mol. The van der Waals surface area contributed by atoms with E-state index in [-0.39, 0.29) is 5.78 Å². The van der Waals surface area contributed by atoms with Gasteiger partial charge in [-0.25, -0.2) is 4.79 Å². The Balaban J connectivity index is 2.69. The minimum atomic E-state index is -3.59. The molecule has 0 spiro atoms. The fourth-order valence-corrected chi connectivity index (χ4v) is 3.07. The molecule has 1 aliphatic rings. The molecular formula is C13H20O6S. The van der Waals surface area contributed by atoms with E-state index in [2.05, 4.69) is 4.74 Å². The van der Waals surface area contributed by atoms with Crippen LogP contribution in [0.3, 0.4) is 0 Å². The predicted octanol–water partition coefficient (Wildman–Crippen LogP) is 1.21. The van der Waals surface area contributed by atoms with E-state index < -0.39 is 27.6 Å². The number of Topliss-reactive ketones (excluding diaryl/α,β-unsaturated/α-hetero) is 1. The molecule has 0 radical (unpaired) electrons. The van der Waals surface area contributed by atoms with Crippen LogP contribution < -0.4 is 0 Å². The van der Waals surface area contributed by atoms with E-state index in [1.54, 1.807) is 13.0 Å². The van der Waals surface area contributed by atoms with Crippen molar-refractivity contribution in [1.29, 1.82) is 0 Å². The maximum absolute atomic E-state index is 12.0. The van der Waals surface area contributed by atoms with Crippen molar-refractivity contribution >= 4 is 21.9 Å². The highest BCUT2D eigenvalue weighted by Crippen LogP contribution is 2.41. The van der Waals surface area contributed by atoms with Crippen LogP contribution in [0.2, 0.25) is 0 Å². The summed E-state index contributed by atoms with van der Waals surface area (Å²) in [6, 6.07) is 0. The van der Waals surface area contributed by atoms with Crippen LogP contribution in [0.5, 0.6) is 0 Å². The fraction of sp³-hybridized carbons (Fsp3) is 0.692. The van der Waals surface area contributed by atoms with E-state index in [9.17, 15) is 18.0 Å². The lowest BCUT2D eigenvalue weighted by Gasteiger charge is -2.28. The highest BCUT2D eigenvalue weighted by Gasteiger charge is 2.47. The fourth-order valence-electron chi connectivity index (χ4n) is 2.34. The van der Waals surface area contributed by atoms with Gasteiger partial charge >= 0.3 is 5.97 Å². The van der Waals surface area contributed by atoms with Gasteiger partial charge in [0.05, 0.1) is 24.9 Å². The third-order valence-corrected chi connectivity index (χ3v) is 4.14. The highest BCUT2D eigenvalue weighted by molar-refractivity contribution is 7.86.